The van der Waals surface area contributed by atoms with Crippen LogP contribution in [-0.2, 0) is 17.9 Å². The molecule has 0 unspecified atom stereocenters. The molecular weight excluding hydrogens is 399 g/mol. The van der Waals surface area contributed by atoms with E-state index in [-0.39, 0.29) is 5.15 Å². The first-order chi connectivity index (χ1) is 13.4. The summed E-state index contributed by atoms with van der Waals surface area (Å²) in [4.78, 5) is 15.0. The molecule has 1 heterocycles. The van der Waals surface area contributed by atoms with Gasteiger partial charge in [0.2, 0.25) is 0 Å². The van der Waals surface area contributed by atoms with Gasteiger partial charge in [-0.3, -0.25) is 0 Å². The average molecular weight is 417 g/mol. The van der Waals surface area contributed by atoms with Crippen molar-refractivity contribution in [1.29, 1.82) is 0 Å². The fourth-order valence-corrected chi connectivity index (χ4v) is 3.23. The molecule has 0 saturated heterocycles. The van der Waals surface area contributed by atoms with Crippen LogP contribution in [0.5, 0.6) is 5.75 Å². The summed E-state index contributed by atoms with van der Waals surface area (Å²) in [5.41, 5.74) is 2.43. The Balaban J connectivity index is 1.77. The van der Waals surface area contributed by atoms with Crippen molar-refractivity contribution < 1.29 is 14.6 Å². The second-order valence-corrected chi connectivity index (χ2v) is 6.89. The van der Waals surface area contributed by atoms with Crippen LogP contribution < -0.4 is 4.74 Å². The molecular formula is C21H18Cl2N2O3. The number of imidazole rings is 1. The maximum Gasteiger partial charge on any atom is 0.328 e. The second kappa shape index (κ2) is 8.95. The van der Waals surface area contributed by atoms with Gasteiger partial charge in [0.1, 0.15) is 18.2 Å². The largest absolute Gasteiger partial charge is 0.489 e. The van der Waals surface area contributed by atoms with Crippen molar-refractivity contribution in [2.45, 2.75) is 20.1 Å². The molecule has 0 amide bonds. The first-order valence-corrected chi connectivity index (χ1v) is 9.28. The lowest BCUT2D eigenvalue weighted by molar-refractivity contribution is -0.131. The van der Waals surface area contributed by atoms with Crippen LogP contribution in [0.2, 0.25) is 10.2 Å². The molecule has 144 valence electrons. The molecule has 7 heteroatoms. The number of benzene rings is 2. The minimum absolute atomic E-state index is 0.244. The van der Waals surface area contributed by atoms with Gasteiger partial charge < -0.3 is 14.4 Å². The third kappa shape index (κ3) is 4.94. The molecule has 0 atom stereocenters. The van der Waals surface area contributed by atoms with Gasteiger partial charge in [-0.2, -0.15) is 0 Å². The number of ether oxygens (including phenoxy) is 1. The standard InChI is InChI=1S/C21H18Cl2N2O3/c1-14-24-21(23)19(9-10-20(26)27)25(14)12-16-7-8-17(11-18(16)22)28-13-15-5-3-2-4-6-15/h2-11H,12-13H2,1H3,(H,26,27)/b10-9+. The minimum atomic E-state index is -1.06. The molecule has 0 spiro atoms. The monoisotopic (exact) mass is 416 g/mol. The van der Waals surface area contributed by atoms with Gasteiger partial charge in [0, 0.05) is 11.1 Å². The minimum Gasteiger partial charge on any atom is -0.489 e. The van der Waals surface area contributed by atoms with Crippen LogP contribution in [0.4, 0.5) is 0 Å². The third-order valence-electron chi connectivity index (χ3n) is 4.14. The number of hydrogen-bond donors (Lipinski definition) is 1. The second-order valence-electron chi connectivity index (χ2n) is 6.12. The van der Waals surface area contributed by atoms with E-state index in [4.69, 9.17) is 33.0 Å². The lowest BCUT2D eigenvalue weighted by Gasteiger charge is -2.12. The van der Waals surface area contributed by atoms with Crippen molar-refractivity contribution in [3.05, 3.63) is 87.4 Å². The maximum absolute atomic E-state index is 10.8. The van der Waals surface area contributed by atoms with Crippen LogP contribution in [0.25, 0.3) is 6.08 Å². The number of aliphatic carboxylic acids is 1. The van der Waals surface area contributed by atoms with Crippen LogP contribution in [0, 0.1) is 6.92 Å². The van der Waals surface area contributed by atoms with E-state index in [2.05, 4.69) is 4.98 Å². The number of carboxylic acids is 1. The Morgan fingerprint density at radius 2 is 1.96 bits per heavy atom. The van der Waals surface area contributed by atoms with E-state index in [1.54, 1.807) is 13.0 Å². The molecule has 3 aromatic rings. The SMILES string of the molecule is Cc1nc(Cl)c(/C=C/C(=O)O)n1Cc1ccc(OCc2ccccc2)cc1Cl. The van der Waals surface area contributed by atoms with E-state index >= 15 is 0 Å². The van der Waals surface area contributed by atoms with Crippen LogP contribution in [0.15, 0.2) is 54.6 Å². The van der Waals surface area contributed by atoms with E-state index in [1.165, 1.54) is 6.08 Å². The van der Waals surface area contributed by atoms with Crippen molar-refractivity contribution in [3.63, 3.8) is 0 Å². The summed E-state index contributed by atoms with van der Waals surface area (Å²) >= 11 is 12.6. The van der Waals surface area contributed by atoms with Crippen LogP contribution >= 0.6 is 23.2 Å². The molecule has 0 bridgehead atoms. The van der Waals surface area contributed by atoms with Gasteiger partial charge in [0.15, 0.2) is 5.15 Å². The fraction of sp³-hybridized carbons (Fsp3) is 0.143. The smallest absolute Gasteiger partial charge is 0.328 e. The molecule has 0 aliphatic heterocycles. The average Bonchev–Trinajstić information content (AvgIpc) is 2.93. The first-order valence-electron chi connectivity index (χ1n) is 8.53. The third-order valence-corrected chi connectivity index (χ3v) is 4.77. The number of aryl methyl sites for hydroxylation is 1. The lowest BCUT2D eigenvalue weighted by atomic mass is 10.2. The maximum atomic E-state index is 10.8. The first kappa shape index (κ1) is 20.0. The topological polar surface area (TPSA) is 64.3 Å². The highest BCUT2D eigenvalue weighted by molar-refractivity contribution is 6.31. The number of rotatable bonds is 7. The van der Waals surface area contributed by atoms with Gasteiger partial charge >= 0.3 is 5.97 Å². The van der Waals surface area contributed by atoms with E-state index < -0.39 is 5.97 Å². The number of nitrogens with zero attached hydrogens (tertiary/aromatic N) is 2. The van der Waals surface area contributed by atoms with Crippen molar-refractivity contribution in [2.75, 3.05) is 0 Å². The predicted molar refractivity (Wildman–Crippen MR) is 110 cm³/mol. The van der Waals surface area contributed by atoms with Gasteiger partial charge in [0.05, 0.1) is 12.2 Å². The zero-order chi connectivity index (χ0) is 20.1. The highest BCUT2D eigenvalue weighted by Gasteiger charge is 2.13. The zero-order valence-corrected chi connectivity index (χ0v) is 16.6. The van der Waals surface area contributed by atoms with Gasteiger partial charge in [0.25, 0.3) is 0 Å². The summed E-state index contributed by atoms with van der Waals surface area (Å²) in [6.45, 7) is 2.66. The molecule has 0 radical (unpaired) electrons. The van der Waals surface area contributed by atoms with E-state index in [0.29, 0.717) is 35.4 Å². The Morgan fingerprint density at radius 1 is 1.21 bits per heavy atom. The van der Waals surface area contributed by atoms with Crippen LogP contribution in [-0.4, -0.2) is 20.6 Å². The van der Waals surface area contributed by atoms with Gasteiger partial charge in [-0.05, 0) is 36.3 Å². The van der Waals surface area contributed by atoms with Crippen molar-refractivity contribution >= 4 is 35.2 Å². The van der Waals surface area contributed by atoms with E-state index in [9.17, 15) is 4.79 Å². The molecule has 0 fully saturated rings. The summed E-state index contributed by atoms with van der Waals surface area (Å²) in [5.74, 6) is 0.277. The molecule has 3 rings (SSSR count). The predicted octanol–water partition coefficient (Wildman–Crippen LogP) is 5.22. The van der Waals surface area contributed by atoms with Gasteiger partial charge in [-0.1, -0.05) is 59.6 Å². The van der Waals surface area contributed by atoms with Crippen molar-refractivity contribution in [1.82, 2.24) is 9.55 Å². The summed E-state index contributed by atoms with van der Waals surface area (Å²) < 4.78 is 7.61. The Labute approximate surface area is 172 Å². The van der Waals surface area contributed by atoms with E-state index in [0.717, 1.165) is 17.2 Å². The normalized spacial score (nSPS) is 11.1. The number of carboxylic acid groups (broad SMARTS) is 1. The number of halogens is 2. The van der Waals surface area contributed by atoms with Crippen LogP contribution in [0.3, 0.4) is 0 Å². The molecule has 0 aliphatic carbocycles. The summed E-state index contributed by atoms with van der Waals surface area (Å²) in [6, 6.07) is 15.4. The Bertz CT molecular complexity index is 1010. The lowest BCUT2D eigenvalue weighted by Crippen LogP contribution is -2.05. The Morgan fingerprint density at radius 3 is 2.64 bits per heavy atom. The molecule has 5 nitrogen and oxygen atoms in total. The van der Waals surface area contributed by atoms with E-state index in [1.807, 2.05) is 47.0 Å². The van der Waals surface area contributed by atoms with Crippen molar-refractivity contribution in [2.24, 2.45) is 0 Å². The summed E-state index contributed by atoms with van der Waals surface area (Å²) in [6.07, 6.45) is 2.46. The Kier molecular flexibility index (Phi) is 6.39. The van der Waals surface area contributed by atoms with Gasteiger partial charge in [-0.25, -0.2) is 9.78 Å². The fourth-order valence-electron chi connectivity index (χ4n) is 2.71. The van der Waals surface area contributed by atoms with Gasteiger partial charge in [-0.15, -0.1) is 0 Å². The summed E-state index contributed by atoms with van der Waals surface area (Å²) in [7, 11) is 0. The highest BCUT2D eigenvalue weighted by atomic mass is 35.5. The molecule has 28 heavy (non-hydrogen) atoms. The number of aromatic nitrogens is 2. The Hall–Kier alpha value is -2.76. The number of carbonyl (C=O) groups is 1. The van der Waals surface area contributed by atoms with Crippen molar-refractivity contribution in [3.8, 4) is 5.75 Å². The molecule has 0 saturated carbocycles. The molecule has 1 aromatic heterocycles. The molecule has 0 aliphatic rings. The van der Waals surface area contributed by atoms with Crippen LogP contribution in [0.1, 0.15) is 22.6 Å². The highest BCUT2D eigenvalue weighted by Crippen LogP contribution is 2.27. The zero-order valence-electron chi connectivity index (χ0n) is 15.1. The quantitative estimate of drug-likeness (QED) is 0.535. The number of hydrogen-bond acceptors (Lipinski definition) is 3. The molecule has 1 N–H and O–H groups in total. The molecule has 2 aromatic carbocycles. The summed E-state index contributed by atoms with van der Waals surface area (Å²) in [5, 5.41) is 9.65.